The summed E-state index contributed by atoms with van der Waals surface area (Å²) < 4.78 is 0. The Balaban J connectivity index is 3.70. The summed E-state index contributed by atoms with van der Waals surface area (Å²) in [6.07, 6.45) is 6.89. The fourth-order valence-corrected chi connectivity index (χ4v) is 1.37. The molecule has 0 aromatic heterocycles. The quantitative estimate of drug-likeness (QED) is 0.536. The number of nitrogens with two attached hydrogens (primary N) is 1. The Morgan fingerprint density at radius 3 is 2.73 bits per heavy atom. The predicted octanol–water partition coefficient (Wildman–Crippen LogP) is 3.18. The summed E-state index contributed by atoms with van der Waals surface area (Å²) in [5.41, 5.74) is 5.52. The zero-order chi connectivity index (χ0) is 11.5. The number of amidine groups is 1. The molecule has 0 aromatic rings. The number of allylic oxidation sites excluding steroid dienone is 2. The Kier molecular flexibility index (Phi) is 9.27. The van der Waals surface area contributed by atoms with Crippen LogP contribution in [0.25, 0.3) is 0 Å². The van der Waals surface area contributed by atoms with Crippen LogP contribution in [0.5, 0.6) is 0 Å². The van der Waals surface area contributed by atoms with Gasteiger partial charge in [-0.1, -0.05) is 26.3 Å². The minimum atomic E-state index is 0.627. The van der Waals surface area contributed by atoms with E-state index in [0.717, 1.165) is 12.8 Å². The highest BCUT2D eigenvalue weighted by molar-refractivity contribution is 8.03. The van der Waals surface area contributed by atoms with Crippen LogP contribution in [0.4, 0.5) is 0 Å². The number of nitrogens with zero attached hydrogens (tertiary/aromatic N) is 2. The molecule has 0 aromatic carbocycles. The maximum absolute atomic E-state index is 5.52. The summed E-state index contributed by atoms with van der Waals surface area (Å²) in [4.78, 5) is 9.43. The van der Waals surface area contributed by atoms with Gasteiger partial charge in [-0.2, -0.15) is 0 Å². The molecule has 0 aliphatic heterocycles. The van der Waals surface area contributed by atoms with Crippen LogP contribution in [0, 0.1) is 0 Å². The molecule has 0 radical (unpaired) electrons. The molecular weight excluding hydrogens is 206 g/mol. The second-order valence-electron chi connectivity index (χ2n) is 3.15. The largest absolute Gasteiger partial charge is 0.387 e. The summed E-state index contributed by atoms with van der Waals surface area (Å²) in [5, 5.41) is 0. The first kappa shape index (κ1) is 14.2. The van der Waals surface area contributed by atoms with Gasteiger partial charge in [-0.05, 0) is 18.2 Å². The van der Waals surface area contributed by atoms with Crippen LogP contribution < -0.4 is 5.73 Å². The summed E-state index contributed by atoms with van der Waals surface area (Å²) in [5.74, 6) is 1.34. The van der Waals surface area contributed by atoms with E-state index >= 15 is 0 Å². The fourth-order valence-electron chi connectivity index (χ4n) is 0.785. The Bertz CT molecular complexity index is 244. The lowest BCUT2D eigenvalue weighted by Crippen LogP contribution is -2.09. The van der Waals surface area contributed by atoms with E-state index in [0.29, 0.717) is 11.7 Å². The van der Waals surface area contributed by atoms with Crippen LogP contribution in [-0.2, 0) is 0 Å². The van der Waals surface area contributed by atoms with Gasteiger partial charge < -0.3 is 5.73 Å². The van der Waals surface area contributed by atoms with Crippen LogP contribution in [-0.4, -0.2) is 18.1 Å². The van der Waals surface area contributed by atoms with E-state index in [4.69, 9.17) is 5.73 Å². The maximum atomic E-state index is 5.52. The number of rotatable bonds is 7. The first-order chi connectivity index (χ1) is 7.20. The average Bonchev–Trinajstić information content (AvgIpc) is 2.25. The first-order valence-electron chi connectivity index (χ1n) is 5.30. The Morgan fingerprint density at radius 1 is 1.40 bits per heavy atom. The molecule has 0 aliphatic rings. The van der Waals surface area contributed by atoms with Crippen molar-refractivity contribution in [1.29, 1.82) is 0 Å². The van der Waals surface area contributed by atoms with E-state index in [-0.39, 0.29) is 0 Å². The van der Waals surface area contributed by atoms with E-state index in [1.54, 1.807) is 18.1 Å². The molecule has 0 atom stereocenters. The molecule has 86 valence electrons. The van der Waals surface area contributed by atoms with Gasteiger partial charge in [0.25, 0.3) is 0 Å². The molecule has 0 rings (SSSR count). The number of hydrogen-bond acceptors (Lipinski definition) is 2. The molecule has 2 N–H and O–H groups in total. The van der Waals surface area contributed by atoms with Crippen molar-refractivity contribution >= 4 is 23.9 Å². The lowest BCUT2D eigenvalue weighted by molar-refractivity contribution is 0.955. The second-order valence-corrected chi connectivity index (χ2v) is 4.34. The molecule has 3 nitrogen and oxygen atoms in total. The highest BCUT2D eigenvalue weighted by atomic mass is 32.2. The van der Waals surface area contributed by atoms with Gasteiger partial charge in [0.05, 0.1) is 5.88 Å². The zero-order valence-electron chi connectivity index (χ0n) is 9.86. The Hall–Kier alpha value is -0.770. The van der Waals surface area contributed by atoms with E-state index < -0.39 is 0 Å². The zero-order valence-corrected chi connectivity index (χ0v) is 10.7. The fraction of sp³-hybridized carbons (Fsp3) is 0.636. The lowest BCUT2D eigenvalue weighted by atomic mass is 10.3. The molecule has 0 saturated heterocycles. The average molecular weight is 227 g/mol. The molecule has 0 unspecified atom stereocenters. The highest BCUT2D eigenvalue weighted by Crippen LogP contribution is 2.15. The molecule has 0 saturated carbocycles. The van der Waals surface area contributed by atoms with Crippen molar-refractivity contribution in [2.75, 3.05) is 5.88 Å². The van der Waals surface area contributed by atoms with Crippen LogP contribution in [0.2, 0.25) is 0 Å². The van der Waals surface area contributed by atoms with Crippen LogP contribution in [0.15, 0.2) is 21.0 Å². The van der Waals surface area contributed by atoms with Crippen LogP contribution in [0.3, 0.4) is 0 Å². The molecule has 0 heterocycles. The molecule has 15 heavy (non-hydrogen) atoms. The standard InChI is InChI=1S/C11H21N3S/c1-4-6-7-10(3)15-9-13-8-14-11(12)5-2/h7-8H,4-6,9H2,1-3H3,(H2,12,13,14)/b10-7+. The van der Waals surface area contributed by atoms with E-state index in [2.05, 4.69) is 29.9 Å². The lowest BCUT2D eigenvalue weighted by Gasteiger charge is -1.96. The summed E-state index contributed by atoms with van der Waals surface area (Å²) in [7, 11) is 0. The summed E-state index contributed by atoms with van der Waals surface area (Å²) >= 11 is 1.73. The van der Waals surface area contributed by atoms with Gasteiger partial charge in [0.15, 0.2) is 0 Å². The SMILES string of the molecule is CCC/C=C(\C)SC/N=C\N=C(\N)CC. The van der Waals surface area contributed by atoms with Gasteiger partial charge in [-0.25, -0.2) is 4.99 Å². The Labute approximate surface area is 97.0 Å². The molecule has 0 aliphatic carbocycles. The van der Waals surface area contributed by atoms with Gasteiger partial charge in [0.1, 0.15) is 12.2 Å². The van der Waals surface area contributed by atoms with Crippen LogP contribution in [0.1, 0.15) is 40.0 Å². The monoisotopic (exact) mass is 227 g/mol. The predicted molar refractivity (Wildman–Crippen MR) is 71.5 cm³/mol. The molecule has 0 bridgehead atoms. The summed E-state index contributed by atoms with van der Waals surface area (Å²) in [6.45, 7) is 6.26. The minimum absolute atomic E-state index is 0.627. The number of thioether (sulfide) groups is 1. The molecule has 0 fully saturated rings. The number of hydrogen-bond donors (Lipinski definition) is 1. The van der Waals surface area contributed by atoms with Gasteiger partial charge in [-0.15, -0.1) is 11.8 Å². The molecule has 0 amide bonds. The Morgan fingerprint density at radius 2 is 2.13 bits per heavy atom. The third-order valence-electron chi connectivity index (χ3n) is 1.75. The van der Waals surface area contributed by atoms with E-state index in [1.165, 1.54) is 11.3 Å². The van der Waals surface area contributed by atoms with E-state index in [9.17, 15) is 0 Å². The van der Waals surface area contributed by atoms with Crippen molar-refractivity contribution in [1.82, 2.24) is 0 Å². The van der Waals surface area contributed by atoms with Gasteiger partial charge in [-0.3, -0.25) is 4.99 Å². The maximum Gasteiger partial charge on any atom is 0.112 e. The third-order valence-corrected chi connectivity index (χ3v) is 2.65. The van der Waals surface area contributed by atoms with Crippen molar-refractivity contribution in [3.8, 4) is 0 Å². The van der Waals surface area contributed by atoms with Gasteiger partial charge in [0.2, 0.25) is 0 Å². The first-order valence-corrected chi connectivity index (χ1v) is 6.29. The number of unbranched alkanes of at least 4 members (excludes halogenated alkanes) is 1. The topological polar surface area (TPSA) is 50.7 Å². The van der Waals surface area contributed by atoms with Crippen molar-refractivity contribution in [2.24, 2.45) is 15.7 Å². The van der Waals surface area contributed by atoms with Crippen LogP contribution >= 0.6 is 11.8 Å². The summed E-state index contributed by atoms with van der Waals surface area (Å²) in [6, 6.07) is 0. The van der Waals surface area contributed by atoms with Crippen molar-refractivity contribution < 1.29 is 0 Å². The number of aliphatic imine (C=N–C) groups is 2. The van der Waals surface area contributed by atoms with Crippen molar-refractivity contribution in [3.05, 3.63) is 11.0 Å². The van der Waals surface area contributed by atoms with Crippen molar-refractivity contribution in [2.45, 2.75) is 40.0 Å². The third kappa shape index (κ3) is 9.53. The highest BCUT2D eigenvalue weighted by Gasteiger charge is 1.88. The molecular formula is C11H21N3S. The normalized spacial score (nSPS) is 13.8. The van der Waals surface area contributed by atoms with Crippen molar-refractivity contribution in [3.63, 3.8) is 0 Å². The van der Waals surface area contributed by atoms with Gasteiger partial charge in [0, 0.05) is 6.42 Å². The molecule has 0 spiro atoms. The molecule has 4 heteroatoms. The van der Waals surface area contributed by atoms with E-state index in [1.807, 2.05) is 6.92 Å². The minimum Gasteiger partial charge on any atom is -0.387 e. The second kappa shape index (κ2) is 9.77. The smallest absolute Gasteiger partial charge is 0.112 e. The van der Waals surface area contributed by atoms with Gasteiger partial charge >= 0.3 is 0 Å².